The number of aryl methyl sites for hydroxylation is 1. The van der Waals surface area contributed by atoms with Gasteiger partial charge in [0.05, 0.1) is 0 Å². The minimum Gasteiger partial charge on any atom is -0.304 e. The second-order valence-corrected chi connectivity index (χ2v) is 5.90. The Morgan fingerprint density at radius 3 is 2.67 bits per heavy atom. The third-order valence-corrected chi connectivity index (χ3v) is 4.66. The number of nitrogens with zero attached hydrogens (tertiary/aromatic N) is 2. The van der Waals surface area contributed by atoms with Crippen molar-refractivity contribution in [1.29, 1.82) is 0 Å². The monoisotopic (exact) mass is 283 g/mol. The number of hydrazone groups is 1. The van der Waals surface area contributed by atoms with Crippen LogP contribution in [0, 0.1) is 6.92 Å². The number of hydrogen-bond acceptors (Lipinski definition) is 5. The number of thioether (sulfide) groups is 1. The van der Waals surface area contributed by atoms with Crippen LogP contribution < -0.4 is 5.32 Å². The SMILES string of the molecule is CC(=O)NC1=NN(C(C)=O)[C@H](c2sccc2C)S1. The van der Waals surface area contributed by atoms with E-state index in [9.17, 15) is 9.59 Å². The van der Waals surface area contributed by atoms with Crippen molar-refractivity contribution in [2.75, 3.05) is 0 Å². The maximum absolute atomic E-state index is 11.6. The van der Waals surface area contributed by atoms with Crippen LogP contribution in [0.3, 0.4) is 0 Å². The highest BCUT2D eigenvalue weighted by molar-refractivity contribution is 8.14. The third kappa shape index (κ3) is 2.56. The Bertz CT molecular complexity index is 524. The lowest BCUT2D eigenvalue weighted by Gasteiger charge is -2.18. The van der Waals surface area contributed by atoms with Crippen molar-refractivity contribution in [2.45, 2.75) is 26.1 Å². The maximum Gasteiger partial charge on any atom is 0.241 e. The molecule has 0 unspecified atom stereocenters. The average Bonchev–Trinajstić information content (AvgIpc) is 2.83. The molecule has 0 fully saturated rings. The summed E-state index contributed by atoms with van der Waals surface area (Å²) in [5.41, 5.74) is 1.13. The van der Waals surface area contributed by atoms with Crippen LogP contribution >= 0.6 is 23.1 Å². The van der Waals surface area contributed by atoms with E-state index in [0.717, 1.165) is 10.4 Å². The van der Waals surface area contributed by atoms with Gasteiger partial charge in [-0.05, 0) is 23.9 Å². The molecule has 0 radical (unpaired) electrons. The quantitative estimate of drug-likeness (QED) is 0.858. The lowest BCUT2D eigenvalue weighted by molar-refractivity contribution is -0.129. The van der Waals surface area contributed by atoms with E-state index in [2.05, 4.69) is 10.4 Å². The predicted molar refractivity (Wildman–Crippen MR) is 73.2 cm³/mol. The first-order chi connectivity index (χ1) is 8.49. The Morgan fingerprint density at radius 1 is 1.44 bits per heavy atom. The summed E-state index contributed by atoms with van der Waals surface area (Å²) < 4.78 is 0. The van der Waals surface area contributed by atoms with Crippen LogP contribution in [0.2, 0.25) is 0 Å². The molecule has 0 aliphatic carbocycles. The van der Waals surface area contributed by atoms with Crippen molar-refractivity contribution in [3.63, 3.8) is 0 Å². The van der Waals surface area contributed by atoms with Gasteiger partial charge in [0.1, 0.15) is 5.37 Å². The summed E-state index contributed by atoms with van der Waals surface area (Å²) in [5.74, 6) is -0.325. The van der Waals surface area contributed by atoms with Crippen LogP contribution in [0.15, 0.2) is 16.5 Å². The highest BCUT2D eigenvalue weighted by atomic mass is 32.2. The van der Waals surface area contributed by atoms with Gasteiger partial charge in [-0.25, -0.2) is 5.01 Å². The normalized spacial score (nSPS) is 18.7. The molecule has 2 rings (SSSR count). The summed E-state index contributed by atoms with van der Waals surface area (Å²) in [5, 5.41) is 10.5. The largest absolute Gasteiger partial charge is 0.304 e. The van der Waals surface area contributed by atoms with E-state index in [4.69, 9.17) is 0 Å². The Kier molecular flexibility index (Phi) is 3.72. The van der Waals surface area contributed by atoms with Gasteiger partial charge in [-0.3, -0.25) is 9.59 Å². The Hall–Kier alpha value is -1.34. The highest BCUT2D eigenvalue weighted by Gasteiger charge is 2.33. The van der Waals surface area contributed by atoms with Gasteiger partial charge in [0, 0.05) is 18.7 Å². The molecule has 5 nitrogen and oxygen atoms in total. The minimum absolute atomic E-state index is 0.138. The summed E-state index contributed by atoms with van der Waals surface area (Å²) in [6.07, 6.45) is 0. The fourth-order valence-electron chi connectivity index (χ4n) is 1.57. The molecule has 1 atom stereocenters. The van der Waals surface area contributed by atoms with Crippen LogP contribution in [-0.4, -0.2) is 22.0 Å². The van der Waals surface area contributed by atoms with E-state index in [0.29, 0.717) is 5.17 Å². The molecular weight excluding hydrogens is 270 g/mol. The molecular formula is C11H13N3O2S2. The van der Waals surface area contributed by atoms with Crippen molar-refractivity contribution >= 4 is 40.1 Å². The molecule has 2 heterocycles. The molecule has 0 bridgehead atoms. The van der Waals surface area contributed by atoms with Crippen LogP contribution in [0.1, 0.15) is 29.7 Å². The summed E-state index contributed by atoms with van der Waals surface area (Å²) in [6, 6.07) is 2.01. The fraction of sp³-hybridized carbons (Fsp3) is 0.364. The second-order valence-electron chi connectivity index (χ2n) is 3.89. The predicted octanol–water partition coefficient (Wildman–Crippen LogP) is 2.06. The summed E-state index contributed by atoms with van der Waals surface area (Å²) in [7, 11) is 0. The Balaban J connectivity index is 2.26. The van der Waals surface area contributed by atoms with Gasteiger partial charge in [0.2, 0.25) is 11.8 Å². The van der Waals surface area contributed by atoms with Gasteiger partial charge in [-0.15, -0.1) is 16.4 Å². The Morgan fingerprint density at radius 2 is 2.17 bits per heavy atom. The molecule has 96 valence electrons. The number of carbonyl (C=O) groups excluding carboxylic acids is 2. The average molecular weight is 283 g/mol. The molecule has 2 amide bonds. The molecule has 0 aromatic carbocycles. The van der Waals surface area contributed by atoms with E-state index in [1.54, 1.807) is 11.3 Å². The first-order valence-electron chi connectivity index (χ1n) is 5.35. The van der Waals surface area contributed by atoms with Gasteiger partial charge in [0.15, 0.2) is 5.17 Å². The fourth-order valence-corrected chi connectivity index (χ4v) is 3.91. The number of thiophene rings is 1. The van der Waals surface area contributed by atoms with Crippen molar-refractivity contribution in [2.24, 2.45) is 5.10 Å². The van der Waals surface area contributed by atoms with Crippen LogP contribution in [0.25, 0.3) is 0 Å². The van der Waals surface area contributed by atoms with Gasteiger partial charge < -0.3 is 5.32 Å². The zero-order valence-corrected chi connectivity index (χ0v) is 11.9. The molecule has 0 saturated carbocycles. The molecule has 1 aliphatic rings. The van der Waals surface area contributed by atoms with Gasteiger partial charge in [-0.2, -0.15) is 0 Å². The molecule has 18 heavy (non-hydrogen) atoms. The van der Waals surface area contributed by atoms with Gasteiger partial charge >= 0.3 is 0 Å². The van der Waals surface area contributed by atoms with E-state index >= 15 is 0 Å². The number of carbonyl (C=O) groups is 2. The smallest absolute Gasteiger partial charge is 0.241 e. The summed E-state index contributed by atoms with van der Waals surface area (Å²) in [6.45, 7) is 4.89. The lowest BCUT2D eigenvalue weighted by Crippen LogP contribution is -2.25. The van der Waals surface area contributed by atoms with Crippen LogP contribution in [-0.2, 0) is 9.59 Å². The highest BCUT2D eigenvalue weighted by Crippen LogP contribution is 2.42. The van der Waals surface area contributed by atoms with Gasteiger partial charge in [-0.1, -0.05) is 11.8 Å². The summed E-state index contributed by atoms with van der Waals surface area (Å²) >= 11 is 2.97. The Labute approximate surface area is 113 Å². The number of rotatable bonds is 1. The summed E-state index contributed by atoms with van der Waals surface area (Å²) in [4.78, 5) is 23.7. The molecule has 7 heteroatoms. The van der Waals surface area contributed by atoms with E-state index in [1.165, 1.54) is 30.6 Å². The van der Waals surface area contributed by atoms with Crippen molar-refractivity contribution < 1.29 is 9.59 Å². The van der Waals surface area contributed by atoms with E-state index in [-0.39, 0.29) is 17.2 Å². The molecule has 1 aromatic heterocycles. The third-order valence-electron chi connectivity index (χ3n) is 2.38. The molecule has 0 saturated heterocycles. The molecule has 0 spiro atoms. The van der Waals surface area contributed by atoms with E-state index < -0.39 is 0 Å². The topological polar surface area (TPSA) is 61.8 Å². The zero-order valence-electron chi connectivity index (χ0n) is 10.3. The van der Waals surface area contributed by atoms with Crippen molar-refractivity contribution in [1.82, 2.24) is 10.3 Å². The van der Waals surface area contributed by atoms with Gasteiger partial charge in [0.25, 0.3) is 0 Å². The number of nitrogens with one attached hydrogen (secondary N) is 1. The first kappa shape index (κ1) is 13.1. The minimum atomic E-state index is -0.187. The molecule has 1 aliphatic heterocycles. The lowest BCUT2D eigenvalue weighted by atomic mass is 10.3. The second kappa shape index (κ2) is 5.11. The zero-order chi connectivity index (χ0) is 13.3. The molecule has 1 N–H and O–H groups in total. The number of amidine groups is 1. The van der Waals surface area contributed by atoms with Crippen LogP contribution in [0.4, 0.5) is 0 Å². The maximum atomic E-state index is 11.6. The first-order valence-corrected chi connectivity index (χ1v) is 7.11. The van der Waals surface area contributed by atoms with Crippen molar-refractivity contribution in [3.05, 3.63) is 21.9 Å². The van der Waals surface area contributed by atoms with E-state index in [1.807, 2.05) is 18.4 Å². The van der Waals surface area contributed by atoms with Crippen molar-refractivity contribution in [3.8, 4) is 0 Å². The number of amides is 2. The number of hydrogen-bond donors (Lipinski definition) is 1. The van der Waals surface area contributed by atoms with Crippen LogP contribution in [0.5, 0.6) is 0 Å². The standard InChI is InChI=1S/C11H13N3O2S2/c1-6-4-5-17-9(6)10-14(8(3)16)13-11(18-10)12-7(2)15/h4-5,10H,1-3H3,(H,12,13,15)/t10-/m0/s1. The molecule has 1 aromatic rings.